The Balaban J connectivity index is 2.12. The minimum Gasteiger partial charge on any atom is -0.454 e. The molecule has 0 radical (unpaired) electrons. The summed E-state index contributed by atoms with van der Waals surface area (Å²) in [5.41, 5.74) is 0.338. The van der Waals surface area contributed by atoms with Crippen LogP contribution in [-0.2, 0) is 15.1 Å². The third-order valence-corrected chi connectivity index (χ3v) is 4.11. The second kappa shape index (κ2) is 4.89. The average molecular weight is 272 g/mol. The molecule has 2 aromatic carbocycles. The van der Waals surface area contributed by atoms with E-state index >= 15 is 0 Å². The van der Waals surface area contributed by atoms with Crippen LogP contribution in [0.5, 0.6) is 0 Å². The zero-order chi connectivity index (χ0) is 14.2. The lowest BCUT2D eigenvalue weighted by Crippen LogP contribution is -2.28. The van der Waals surface area contributed by atoms with E-state index in [4.69, 9.17) is 4.74 Å². The molecule has 0 bridgehead atoms. The molecule has 0 saturated heterocycles. The van der Waals surface area contributed by atoms with Gasteiger partial charge in [0.15, 0.2) is 0 Å². The molecule has 104 valence electrons. The topological polar surface area (TPSA) is 26.3 Å². The van der Waals surface area contributed by atoms with E-state index in [1.165, 1.54) is 13.0 Å². The summed E-state index contributed by atoms with van der Waals surface area (Å²) in [6.07, 6.45) is 3.68. The van der Waals surface area contributed by atoms with Gasteiger partial charge in [-0.15, -0.1) is 0 Å². The maximum absolute atomic E-state index is 13.9. The highest BCUT2D eigenvalue weighted by Gasteiger charge is 2.38. The zero-order valence-electron chi connectivity index (χ0n) is 11.5. The predicted octanol–water partition coefficient (Wildman–Crippen LogP) is 4.31. The first kappa shape index (κ1) is 13.1. The molecule has 0 N–H and O–H groups in total. The molecule has 1 fully saturated rings. The fourth-order valence-electron chi connectivity index (χ4n) is 3.19. The van der Waals surface area contributed by atoms with Crippen molar-refractivity contribution in [3.05, 3.63) is 47.8 Å². The molecule has 3 rings (SSSR count). The van der Waals surface area contributed by atoms with Gasteiger partial charge in [0.25, 0.3) is 0 Å². The summed E-state index contributed by atoms with van der Waals surface area (Å²) < 4.78 is 19.5. The Labute approximate surface area is 117 Å². The molecule has 1 aliphatic carbocycles. The van der Waals surface area contributed by atoms with Crippen LogP contribution >= 0.6 is 0 Å². The summed E-state index contributed by atoms with van der Waals surface area (Å²) in [7, 11) is 0. The Morgan fingerprint density at radius 1 is 1.20 bits per heavy atom. The van der Waals surface area contributed by atoms with E-state index < -0.39 is 5.60 Å². The molecule has 0 amide bonds. The summed E-state index contributed by atoms with van der Waals surface area (Å²) >= 11 is 0. The predicted molar refractivity (Wildman–Crippen MR) is 75.8 cm³/mol. The van der Waals surface area contributed by atoms with Crippen molar-refractivity contribution >= 4 is 16.7 Å². The van der Waals surface area contributed by atoms with E-state index in [0.29, 0.717) is 5.39 Å². The first-order valence-corrected chi connectivity index (χ1v) is 6.99. The summed E-state index contributed by atoms with van der Waals surface area (Å²) in [6, 6.07) is 10.7. The van der Waals surface area contributed by atoms with Crippen molar-refractivity contribution in [2.75, 3.05) is 0 Å². The number of benzene rings is 2. The standard InChI is InChI=1S/C17H17FO2/c1-12(19)20-17(9-2-3-10-17)14-8-7-13-5-4-6-16(18)15(13)11-14/h4-8,11H,2-3,9-10H2,1H3. The Bertz CT molecular complexity index is 657. The monoisotopic (exact) mass is 272 g/mol. The van der Waals surface area contributed by atoms with Gasteiger partial charge in [-0.05, 0) is 48.8 Å². The van der Waals surface area contributed by atoms with E-state index in [2.05, 4.69) is 0 Å². The van der Waals surface area contributed by atoms with Crippen LogP contribution in [0.25, 0.3) is 10.8 Å². The van der Waals surface area contributed by atoms with Crippen LogP contribution in [-0.4, -0.2) is 5.97 Å². The number of halogens is 1. The molecule has 0 spiro atoms. The van der Waals surface area contributed by atoms with Gasteiger partial charge < -0.3 is 4.74 Å². The van der Waals surface area contributed by atoms with Crippen LogP contribution in [0.3, 0.4) is 0 Å². The molecule has 3 heteroatoms. The number of carbonyl (C=O) groups is 1. The lowest BCUT2D eigenvalue weighted by molar-refractivity contribution is -0.157. The molecular formula is C17H17FO2. The van der Waals surface area contributed by atoms with Crippen LogP contribution in [0, 0.1) is 5.82 Å². The summed E-state index contributed by atoms with van der Waals surface area (Å²) in [5.74, 6) is -0.513. The summed E-state index contributed by atoms with van der Waals surface area (Å²) in [6.45, 7) is 1.43. The van der Waals surface area contributed by atoms with Crippen LogP contribution in [0.1, 0.15) is 38.2 Å². The van der Waals surface area contributed by atoms with Crippen molar-refractivity contribution in [3.63, 3.8) is 0 Å². The Hall–Kier alpha value is -1.90. The molecule has 0 heterocycles. The number of esters is 1. The average Bonchev–Trinajstić information content (AvgIpc) is 2.88. The van der Waals surface area contributed by atoms with Gasteiger partial charge in [0, 0.05) is 12.3 Å². The second-order valence-corrected chi connectivity index (χ2v) is 5.47. The van der Waals surface area contributed by atoms with E-state index in [9.17, 15) is 9.18 Å². The second-order valence-electron chi connectivity index (χ2n) is 5.47. The summed E-state index contributed by atoms with van der Waals surface area (Å²) in [4.78, 5) is 11.4. The Morgan fingerprint density at radius 3 is 2.65 bits per heavy atom. The first-order chi connectivity index (χ1) is 9.61. The molecule has 0 aliphatic heterocycles. The normalized spacial score (nSPS) is 17.3. The van der Waals surface area contributed by atoms with Gasteiger partial charge in [0.05, 0.1) is 0 Å². The van der Waals surface area contributed by atoms with Gasteiger partial charge >= 0.3 is 5.97 Å². The number of hydrogen-bond acceptors (Lipinski definition) is 2. The van der Waals surface area contributed by atoms with Crippen molar-refractivity contribution < 1.29 is 13.9 Å². The van der Waals surface area contributed by atoms with Crippen LogP contribution < -0.4 is 0 Å². The minimum atomic E-state index is -0.567. The number of hydrogen-bond donors (Lipinski definition) is 0. The lowest BCUT2D eigenvalue weighted by atomic mass is 9.90. The highest BCUT2D eigenvalue weighted by Crippen LogP contribution is 2.43. The molecule has 2 nitrogen and oxygen atoms in total. The van der Waals surface area contributed by atoms with Crippen molar-refractivity contribution in [2.45, 2.75) is 38.2 Å². The smallest absolute Gasteiger partial charge is 0.303 e. The van der Waals surface area contributed by atoms with Gasteiger partial charge in [0.2, 0.25) is 0 Å². The number of fused-ring (bicyclic) bond motifs is 1. The molecule has 20 heavy (non-hydrogen) atoms. The van der Waals surface area contributed by atoms with Gasteiger partial charge in [-0.25, -0.2) is 4.39 Å². The van der Waals surface area contributed by atoms with Crippen molar-refractivity contribution in [1.82, 2.24) is 0 Å². The highest BCUT2D eigenvalue weighted by atomic mass is 19.1. The van der Waals surface area contributed by atoms with Crippen LogP contribution in [0.15, 0.2) is 36.4 Å². The molecule has 0 aromatic heterocycles. The maximum atomic E-state index is 13.9. The first-order valence-electron chi connectivity index (χ1n) is 6.99. The fraction of sp³-hybridized carbons (Fsp3) is 0.353. The van der Waals surface area contributed by atoms with Gasteiger partial charge in [0.1, 0.15) is 11.4 Å². The molecule has 2 aromatic rings. The van der Waals surface area contributed by atoms with E-state index in [1.54, 1.807) is 6.07 Å². The lowest BCUT2D eigenvalue weighted by Gasteiger charge is -2.29. The van der Waals surface area contributed by atoms with Gasteiger partial charge in [-0.3, -0.25) is 4.79 Å². The zero-order valence-corrected chi connectivity index (χ0v) is 11.5. The van der Waals surface area contributed by atoms with E-state index in [0.717, 1.165) is 36.6 Å². The Kier molecular flexibility index (Phi) is 3.20. The molecule has 0 unspecified atom stereocenters. The van der Waals surface area contributed by atoms with E-state index in [-0.39, 0.29) is 11.8 Å². The highest BCUT2D eigenvalue weighted by molar-refractivity contribution is 5.84. The number of ether oxygens (including phenoxy) is 1. The third-order valence-electron chi connectivity index (χ3n) is 4.11. The molecule has 1 saturated carbocycles. The van der Waals surface area contributed by atoms with Crippen molar-refractivity contribution in [3.8, 4) is 0 Å². The van der Waals surface area contributed by atoms with Crippen LogP contribution in [0.2, 0.25) is 0 Å². The molecule has 0 atom stereocenters. The fourth-order valence-corrected chi connectivity index (χ4v) is 3.19. The number of rotatable bonds is 2. The molecular weight excluding hydrogens is 255 g/mol. The largest absolute Gasteiger partial charge is 0.454 e. The van der Waals surface area contributed by atoms with Crippen molar-refractivity contribution in [2.24, 2.45) is 0 Å². The third kappa shape index (κ3) is 2.17. The van der Waals surface area contributed by atoms with Gasteiger partial charge in [-0.2, -0.15) is 0 Å². The SMILES string of the molecule is CC(=O)OC1(c2ccc3cccc(F)c3c2)CCCC1. The quantitative estimate of drug-likeness (QED) is 0.761. The van der Waals surface area contributed by atoms with Crippen molar-refractivity contribution in [1.29, 1.82) is 0 Å². The van der Waals surface area contributed by atoms with Gasteiger partial charge in [-0.1, -0.05) is 24.3 Å². The Morgan fingerprint density at radius 2 is 1.95 bits per heavy atom. The van der Waals surface area contributed by atoms with Crippen LogP contribution in [0.4, 0.5) is 4.39 Å². The summed E-state index contributed by atoms with van der Waals surface area (Å²) in [5, 5.41) is 1.45. The van der Waals surface area contributed by atoms with E-state index in [1.807, 2.05) is 24.3 Å². The number of carbonyl (C=O) groups excluding carboxylic acids is 1. The molecule has 1 aliphatic rings. The minimum absolute atomic E-state index is 0.236. The maximum Gasteiger partial charge on any atom is 0.303 e.